The van der Waals surface area contributed by atoms with Crippen LogP contribution in [0, 0.1) is 5.92 Å². The van der Waals surface area contributed by atoms with Crippen LogP contribution in [0.4, 0.5) is 4.79 Å². The van der Waals surface area contributed by atoms with E-state index in [0.717, 1.165) is 35.1 Å². The molecule has 0 bridgehead atoms. The summed E-state index contributed by atoms with van der Waals surface area (Å²) in [7, 11) is 0. The molecular weight excluding hydrogens is 464 g/mol. The number of nitrogens with one attached hydrogen (secondary N) is 2. The van der Waals surface area contributed by atoms with Crippen LogP contribution >= 0.6 is 11.8 Å². The highest BCUT2D eigenvalue weighted by Gasteiger charge is 2.34. The van der Waals surface area contributed by atoms with Gasteiger partial charge in [0.05, 0.1) is 5.92 Å². The van der Waals surface area contributed by atoms with E-state index in [1.165, 1.54) is 0 Å². The maximum Gasteiger partial charge on any atom is 0.407 e. The zero-order valence-electron chi connectivity index (χ0n) is 19.9. The minimum absolute atomic E-state index is 0.0646. The summed E-state index contributed by atoms with van der Waals surface area (Å²) in [6.45, 7) is 0.167. The summed E-state index contributed by atoms with van der Waals surface area (Å²) in [4.78, 5) is 37.4. The number of benzene rings is 2. The highest BCUT2D eigenvalue weighted by molar-refractivity contribution is 7.98. The van der Waals surface area contributed by atoms with E-state index < -0.39 is 30.1 Å². The second kappa shape index (κ2) is 11.6. The van der Waals surface area contributed by atoms with Crippen molar-refractivity contribution in [1.29, 1.82) is 0 Å². The number of carboxylic acid groups (broad SMARTS) is 1. The predicted octanol–water partition coefficient (Wildman–Crippen LogP) is 4.41. The number of carbonyl (C=O) groups excluding carboxylic acids is 2. The van der Waals surface area contributed by atoms with Crippen molar-refractivity contribution < 1.29 is 24.2 Å². The van der Waals surface area contributed by atoms with Crippen molar-refractivity contribution in [2.45, 2.75) is 50.1 Å². The Labute approximate surface area is 210 Å². The van der Waals surface area contributed by atoms with E-state index in [4.69, 9.17) is 4.74 Å². The zero-order chi connectivity index (χ0) is 24.8. The summed E-state index contributed by atoms with van der Waals surface area (Å²) >= 11 is 1.58. The summed E-state index contributed by atoms with van der Waals surface area (Å²) in [5.74, 6) is -1.23. The molecule has 2 aromatic rings. The Bertz CT molecular complexity index is 1030. The predicted molar refractivity (Wildman–Crippen MR) is 137 cm³/mol. The van der Waals surface area contributed by atoms with Gasteiger partial charge in [-0.05, 0) is 53.5 Å². The third-order valence-electron chi connectivity index (χ3n) is 6.97. The van der Waals surface area contributed by atoms with Gasteiger partial charge in [-0.2, -0.15) is 11.8 Å². The second-order valence-electron chi connectivity index (χ2n) is 9.15. The van der Waals surface area contributed by atoms with Gasteiger partial charge in [-0.25, -0.2) is 4.79 Å². The molecule has 2 aliphatic carbocycles. The normalized spacial score (nSPS) is 19.8. The van der Waals surface area contributed by atoms with E-state index in [1.807, 2.05) is 30.5 Å². The van der Waals surface area contributed by atoms with Gasteiger partial charge in [0.1, 0.15) is 12.6 Å². The Hall–Kier alpha value is -3.00. The van der Waals surface area contributed by atoms with E-state index >= 15 is 0 Å². The maximum absolute atomic E-state index is 13.0. The summed E-state index contributed by atoms with van der Waals surface area (Å²) in [6, 6.07) is 15.0. The standard InChI is InChI=1S/C27H32N2O5S/c1-35-15-14-24(25(30)28-23-13-7-6-12-21(23)26(31)32)29-27(33)34-16-22-19-10-4-2-8-17(19)18-9-3-5-11-20(18)22/h2-5,8-11,21-24H,6-7,12-16H2,1H3,(H,28,30)(H,29,33)(H,31,32)/t21-,23+,24?/m1/s1. The van der Waals surface area contributed by atoms with Crippen LogP contribution in [0.5, 0.6) is 0 Å². The van der Waals surface area contributed by atoms with Crippen LogP contribution in [0.25, 0.3) is 11.1 Å². The number of aliphatic carboxylic acids is 1. The van der Waals surface area contributed by atoms with Crippen molar-refractivity contribution in [1.82, 2.24) is 10.6 Å². The molecule has 0 heterocycles. The molecule has 1 fully saturated rings. The number of amides is 2. The van der Waals surface area contributed by atoms with Crippen LogP contribution in [-0.2, 0) is 14.3 Å². The lowest BCUT2D eigenvalue weighted by atomic mass is 9.84. The molecule has 1 saturated carbocycles. The van der Waals surface area contributed by atoms with E-state index in [9.17, 15) is 19.5 Å². The van der Waals surface area contributed by atoms with Gasteiger partial charge < -0.3 is 20.5 Å². The average Bonchev–Trinajstić information content (AvgIpc) is 3.19. The van der Waals surface area contributed by atoms with Crippen molar-refractivity contribution in [3.63, 3.8) is 0 Å². The van der Waals surface area contributed by atoms with Gasteiger partial charge >= 0.3 is 12.1 Å². The Kier molecular flexibility index (Phi) is 8.33. The van der Waals surface area contributed by atoms with Crippen molar-refractivity contribution in [3.8, 4) is 11.1 Å². The molecule has 1 unspecified atom stereocenters. The van der Waals surface area contributed by atoms with E-state index in [-0.39, 0.29) is 18.4 Å². The lowest BCUT2D eigenvalue weighted by Gasteiger charge is -2.30. The molecule has 0 saturated heterocycles. The number of hydrogen-bond acceptors (Lipinski definition) is 5. The van der Waals surface area contributed by atoms with E-state index in [1.54, 1.807) is 11.8 Å². The molecule has 2 amide bonds. The average molecular weight is 497 g/mol. The second-order valence-corrected chi connectivity index (χ2v) is 10.1. The molecule has 2 aliphatic rings. The van der Waals surface area contributed by atoms with E-state index in [0.29, 0.717) is 25.0 Å². The number of carbonyl (C=O) groups is 3. The molecule has 3 atom stereocenters. The summed E-state index contributed by atoms with van der Waals surface area (Å²) < 4.78 is 5.62. The van der Waals surface area contributed by atoms with Gasteiger partial charge in [0.15, 0.2) is 0 Å². The Morgan fingerprint density at radius 2 is 1.66 bits per heavy atom. The molecule has 8 heteroatoms. The fourth-order valence-electron chi connectivity index (χ4n) is 5.17. The zero-order valence-corrected chi connectivity index (χ0v) is 20.7. The number of thioether (sulfide) groups is 1. The molecule has 0 spiro atoms. The number of hydrogen-bond donors (Lipinski definition) is 3. The van der Waals surface area contributed by atoms with Gasteiger partial charge in [0, 0.05) is 12.0 Å². The van der Waals surface area contributed by atoms with E-state index in [2.05, 4.69) is 34.9 Å². The number of ether oxygens (including phenoxy) is 1. The first-order valence-corrected chi connectivity index (χ1v) is 13.5. The molecule has 7 nitrogen and oxygen atoms in total. The molecule has 35 heavy (non-hydrogen) atoms. The van der Waals surface area contributed by atoms with Crippen LogP contribution in [0.1, 0.15) is 49.1 Å². The fourth-order valence-corrected chi connectivity index (χ4v) is 5.64. The smallest absolute Gasteiger partial charge is 0.407 e. The van der Waals surface area contributed by atoms with Crippen LogP contribution < -0.4 is 10.6 Å². The van der Waals surface area contributed by atoms with Gasteiger partial charge in [-0.15, -0.1) is 0 Å². The highest BCUT2D eigenvalue weighted by atomic mass is 32.2. The SMILES string of the molecule is CSCCC(NC(=O)OCC1c2ccccc2-c2ccccc21)C(=O)N[C@H]1CCCC[C@H]1C(=O)O. The summed E-state index contributed by atoms with van der Waals surface area (Å²) in [6.07, 6.45) is 4.62. The van der Waals surface area contributed by atoms with Crippen molar-refractivity contribution in [3.05, 3.63) is 59.7 Å². The first-order valence-electron chi connectivity index (χ1n) is 12.1. The third-order valence-corrected chi connectivity index (χ3v) is 7.62. The van der Waals surface area contributed by atoms with Gasteiger partial charge in [-0.3, -0.25) is 9.59 Å². The number of fused-ring (bicyclic) bond motifs is 3. The van der Waals surface area contributed by atoms with Gasteiger partial charge in [-0.1, -0.05) is 61.4 Å². The molecule has 186 valence electrons. The van der Waals surface area contributed by atoms with Crippen LogP contribution in [0.3, 0.4) is 0 Å². The molecule has 4 rings (SSSR count). The minimum Gasteiger partial charge on any atom is -0.481 e. The Balaban J connectivity index is 1.39. The Morgan fingerprint density at radius 3 is 2.29 bits per heavy atom. The minimum atomic E-state index is -0.889. The fraction of sp³-hybridized carbons (Fsp3) is 0.444. The summed E-state index contributed by atoms with van der Waals surface area (Å²) in [5, 5.41) is 15.1. The van der Waals surface area contributed by atoms with Gasteiger partial charge in [0.25, 0.3) is 0 Å². The lowest BCUT2D eigenvalue weighted by molar-refractivity contribution is -0.144. The molecule has 0 radical (unpaired) electrons. The lowest BCUT2D eigenvalue weighted by Crippen LogP contribution is -2.53. The first-order chi connectivity index (χ1) is 17.0. The van der Waals surface area contributed by atoms with Crippen molar-refractivity contribution in [2.24, 2.45) is 5.92 Å². The van der Waals surface area contributed by atoms with Crippen molar-refractivity contribution in [2.75, 3.05) is 18.6 Å². The Morgan fingerprint density at radius 1 is 1.03 bits per heavy atom. The molecule has 2 aromatic carbocycles. The summed E-state index contributed by atoms with van der Waals surface area (Å²) in [5.41, 5.74) is 4.54. The topological polar surface area (TPSA) is 105 Å². The molecule has 3 N–H and O–H groups in total. The molecular formula is C27H32N2O5S. The molecule has 0 aliphatic heterocycles. The number of alkyl carbamates (subject to hydrolysis) is 1. The van der Waals surface area contributed by atoms with Crippen molar-refractivity contribution >= 4 is 29.7 Å². The number of rotatable bonds is 9. The van der Waals surface area contributed by atoms with Gasteiger partial charge in [0.2, 0.25) is 5.91 Å². The highest BCUT2D eigenvalue weighted by Crippen LogP contribution is 2.44. The molecule has 0 aromatic heterocycles. The maximum atomic E-state index is 13.0. The first kappa shape index (κ1) is 25.1. The van der Waals surface area contributed by atoms with Crippen LogP contribution in [-0.4, -0.2) is 53.8 Å². The number of carboxylic acids is 1. The van der Waals surface area contributed by atoms with Crippen LogP contribution in [0.2, 0.25) is 0 Å². The van der Waals surface area contributed by atoms with Crippen LogP contribution in [0.15, 0.2) is 48.5 Å². The largest absolute Gasteiger partial charge is 0.481 e. The monoisotopic (exact) mass is 496 g/mol. The quantitative estimate of drug-likeness (QED) is 0.475. The third kappa shape index (κ3) is 5.81.